The van der Waals surface area contributed by atoms with Crippen LogP contribution in [0.1, 0.15) is 48.3 Å². The summed E-state index contributed by atoms with van der Waals surface area (Å²) in [5, 5.41) is 9.10. The smallest absolute Gasteiger partial charge is 0.349 e. The van der Waals surface area contributed by atoms with E-state index in [9.17, 15) is 18.0 Å². The van der Waals surface area contributed by atoms with E-state index in [1.165, 1.54) is 24.0 Å². The predicted molar refractivity (Wildman–Crippen MR) is 95.5 cm³/mol. The van der Waals surface area contributed by atoms with Crippen molar-refractivity contribution >= 4 is 17.7 Å². The number of amides is 1. The Balaban J connectivity index is 1.57. The van der Waals surface area contributed by atoms with Crippen LogP contribution in [0.5, 0.6) is 0 Å². The van der Waals surface area contributed by atoms with Gasteiger partial charge in [0.1, 0.15) is 0 Å². The topological polar surface area (TPSA) is 85.8 Å². The molecule has 1 aliphatic rings. The molecule has 1 aromatic carbocycles. The van der Waals surface area contributed by atoms with Crippen LogP contribution in [0.4, 0.5) is 13.2 Å². The first-order valence-electron chi connectivity index (χ1n) is 8.57. The van der Waals surface area contributed by atoms with E-state index in [1.54, 1.807) is 0 Å². The van der Waals surface area contributed by atoms with Crippen molar-refractivity contribution in [1.82, 2.24) is 20.2 Å². The Bertz CT molecular complexity index is 836. The molecule has 0 aliphatic heterocycles. The van der Waals surface area contributed by atoms with Crippen molar-refractivity contribution in [1.29, 1.82) is 0 Å². The highest BCUT2D eigenvalue weighted by atomic mass is 32.2. The average molecular weight is 399 g/mol. The molecule has 10 heteroatoms. The summed E-state index contributed by atoms with van der Waals surface area (Å²) in [6.45, 7) is 1.88. The first-order chi connectivity index (χ1) is 12.8. The fourth-order valence-corrected chi connectivity index (χ4v) is 3.76. The molecule has 0 radical (unpaired) electrons. The lowest BCUT2D eigenvalue weighted by Crippen LogP contribution is -2.28. The monoisotopic (exact) mass is 399 g/mol. The van der Waals surface area contributed by atoms with Gasteiger partial charge in [0.05, 0.1) is 11.8 Å². The molecule has 6 nitrogen and oxygen atoms in total. The molecule has 0 unspecified atom stereocenters. The molecule has 0 fully saturated rings. The first kappa shape index (κ1) is 19.5. The molecule has 1 aromatic heterocycles. The number of carbonyl (C=O) groups excluding carboxylic acids is 1. The Labute approximate surface area is 158 Å². The van der Waals surface area contributed by atoms with E-state index in [0.717, 1.165) is 30.2 Å². The van der Waals surface area contributed by atoms with Crippen LogP contribution in [0.2, 0.25) is 0 Å². The lowest BCUT2D eigenvalue weighted by Gasteiger charge is -2.20. The number of fused-ring (bicyclic) bond motifs is 1. The molecule has 1 atom stereocenters. The Morgan fingerprint density at radius 1 is 1.30 bits per heavy atom. The molecule has 0 saturated heterocycles. The van der Waals surface area contributed by atoms with Gasteiger partial charge in [0, 0.05) is 0 Å². The number of rotatable bonds is 5. The van der Waals surface area contributed by atoms with Gasteiger partial charge >= 0.3 is 6.18 Å². The van der Waals surface area contributed by atoms with Crippen LogP contribution >= 0.6 is 11.8 Å². The summed E-state index contributed by atoms with van der Waals surface area (Å²) in [7, 11) is 0. The lowest BCUT2D eigenvalue weighted by molar-refractivity contribution is -0.146. The van der Waals surface area contributed by atoms with E-state index >= 15 is 0 Å². The second kappa shape index (κ2) is 7.79. The number of aryl methyl sites for hydroxylation is 2. The molecule has 0 spiro atoms. The van der Waals surface area contributed by atoms with Gasteiger partial charge in [-0.25, -0.2) is 4.68 Å². The van der Waals surface area contributed by atoms with Crippen molar-refractivity contribution in [3.8, 4) is 0 Å². The highest BCUT2D eigenvalue weighted by molar-refractivity contribution is 7.99. The van der Waals surface area contributed by atoms with Crippen LogP contribution in [-0.4, -0.2) is 26.5 Å². The number of nitrogen functional groups attached to an aromatic ring is 1. The molecule has 2 aromatic rings. The SMILES string of the molecule is C[C@H](NC(=O)CSc1nnc(C(F)(F)F)n1N)c1ccc2c(c1)CCCC2. The molecular formula is C17H20F3N5OS. The zero-order chi connectivity index (χ0) is 19.6. The van der Waals surface area contributed by atoms with Gasteiger partial charge in [-0.05, 0) is 49.3 Å². The number of nitrogens with one attached hydrogen (secondary N) is 1. The minimum absolute atomic E-state index is 0.109. The van der Waals surface area contributed by atoms with Gasteiger partial charge in [0.2, 0.25) is 11.1 Å². The Kier molecular flexibility index (Phi) is 5.64. The van der Waals surface area contributed by atoms with Gasteiger partial charge in [0.25, 0.3) is 5.82 Å². The third-order valence-electron chi connectivity index (χ3n) is 4.50. The third-order valence-corrected chi connectivity index (χ3v) is 5.44. The van der Waals surface area contributed by atoms with Crippen LogP contribution in [0.15, 0.2) is 23.4 Å². The molecule has 0 saturated carbocycles. The van der Waals surface area contributed by atoms with E-state index < -0.39 is 12.0 Å². The second-order valence-corrected chi connectivity index (χ2v) is 7.43. The number of benzene rings is 1. The third kappa shape index (κ3) is 4.55. The summed E-state index contributed by atoms with van der Waals surface area (Å²) >= 11 is 0.804. The van der Waals surface area contributed by atoms with Gasteiger partial charge in [-0.3, -0.25) is 4.79 Å². The van der Waals surface area contributed by atoms with Gasteiger partial charge in [-0.1, -0.05) is 30.0 Å². The van der Waals surface area contributed by atoms with Crippen molar-refractivity contribution in [2.75, 3.05) is 11.6 Å². The van der Waals surface area contributed by atoms with E-state index in [4.69, 9.17) is 5.84 Å². The molecule has 146 valence electrons. The van der Waals surface area contributed by atoms with Crippen molar-refractivity contribution in [3.63, 3.8) is 0 Å². The molecule has 3 N–H and O–H groups in total. The summed E-state index contributed by atoms with van der Waals surface area (Å²) in [6, 6.07) is 6.04. The van der Waals surface area contributed by atoms with Crippen molar-refractivity contribution in [2.45, 2.75) is 50.0 Å². The number of nitrogens with zero attached hydrogens (tertiary/aromatic N) is 3. The largest absolute Gasteiger partial charge is 0.453 e. The van der Waals surface area contributed by atoms with E-state index in [-0.39, 0.29) is 22.9 Å². The maximum Gasteiger partial charge on any atom is 0.453 e. The second-order valence-electron chi connectivity index (χ2n) is 6.49. The van der Waals surface area contributed by atoms with Gasteiger partial charge < -0.3 is 11.2 Å². The highest BCUT2D eigenvalue weighted by Gasteiger charge is 2.38. The van der Waals surface area contributed by atoms with Crippen LogP contribution < -0.4 is 11.2 Å². The van der Waals surface area contributed by atoms with Gasteiger partial charge in [-0.15, -0.1) is 10.2 Å². The summed E-state index contributed by atoms with van der Waals surface area (Å²) in [6.07, 6.45) is -0.172. The van der Waals surface area contributed by atoms with Crippen LogP contribution in [0.25, 0.3) is 0 Å². The number of carbonyl (C=O) groups is 1. The molecule has 1 heterocycles. The van der Waals surface area contributed by atoms with E-state index in [0.29, 0.717) is 4.68 Å². The quantitative estimate of drug-likeness (QED) is 0.597. The standard InChI is InChI=1S/C17H20F3N5OS/c1-10(12-7-6-11-4-2-3-5-13(11)8-12)22-14(26)9-27-16-24-23-15(25(16)21)17(18,19)20/h6-8,10H,2-5,9,21H2,1H3,(H,22,26)/t10-/m0/s1. The number of halogens is 3. The fourth-order valence-electron chi connectivity index (χ4n) is 3.09. The Morgan fingerprint density at radius 2 is 2.00 bits per heavy atom. The summed E-state index contributed by atoms with van der Waals surface area (Å²) < 4.78 is 38.3. The zero-order valence-corrected chi connectivity index (χ0v) is 15.5. The van der Waals surface area contributed by atoms with Gasteiger partial charge in [-0.2, -0.15) is 13.2 Å². The van der Waals surface area contributed by atoms with Crippen molar-refractivity contribution in [3.05, 3.63) is 40.7 Å². The minimum atomic E-state index is -4.69. The first-order valence-corrected chi connectivity index (χ1v) is 9.56. The minimum Gasteiger partial charge on any atom is -0.349 e. The Morgan fingerprint density at radius 3 is 2.67 bits per heavy atom. The summed E-state index contributed by atoms with van der Waals surface area (Å²) in [5.41, 5.74) is 3.70. The molecule has 0 bridgehead atoms. The number of alkyl halides is 3. The molecular weight excluding hydrogens is 379 g/mol. The maximum absolute atomic E-state index is 12.6. The zero-order valence-electron chi connectivity index (χ0n) is 14.7. The van der Waals surface area contributed by atoms with Crippen LogP contribution in [0.3, 0.4) is 0 Å². The number of hydrogen-bond acceptors (Lipinski definition) is 5. The Hall–Kier alpha value is -2.23. The maximum atomic E-state index is 12.6. The summed E-state index contributed by atoms with van der Waals surface area (Å²) in [5.74, 6) is 3.63. The van der Waals surface area contributed by atoms with Crippen molar-refractivity contribution < 1.29 is 18.0 Å². The van der Waals surface area contributed by atoms with E-state index in [2.05, 4.69) is 27.6 Å². The average Bonchev–Trinajstić information content (AvgIpc) is 3.00. The molecule has 3 rings (SSSR count). The molecule has 27 heavy (non-hydrogen) atoms. The number of thioether (sulfide) groups is 1. The normalized spacial score (nSPS) is 15.3. The predicted octanol–water partition coefficient (Wildman–Crippen LogP) is 2.86. The number of hydrogen-bond donors (Lipinski definition) is 2. The van der Waals surface area contributed by atoms with Crippen molar-refractivity contribution in [2.24, 2.45) is 0 Å². The summed E-state index contributed by atoms with van der Waals surface area (Å²) in [4.78, 5) is 12.2. The number of nitrogens with two attached hydrogens (primary N) is 1. The highest BCUT2D eigenvalue weighted by Crippen LogP contribution is 2.29. The fraction of sp³-hybridized carbons (Fsp3) is 0.471. The lowest BCUT2D eigenvalue weighted by atomic mass is 9.89. The molecule has 1 amide bonds. The molecule has 1 aliphatic carbocycles. The van der Waals surface area contributed by atoms with E-state index in [1.807, 2.05) is 13.0 Å². The number of aromatic nitrogens is 3. The van der Waals surface area contributed by atoms with Crippen LogP contribution in [-0.2, 0) is 23.8 Å². The van der Waals surface area contributed by atoms with Gasteiger partial charge in [0.15, 0.2) is 0 Å². The van der Waals surface area contributed by atoms with Crippen LogP contribution in [0, 0.1) is 0 Å².